The maximum Gasteiger partial charge on any atom is 0.265 e. The van der Waals surface area contributed by atoms with Gasteiger partial charge in [0.2, 0.25) is 0 Å². The molecule has 1 amide bonds. The fourth-order valence-electron chi connectivity index (χ4n) is 1.65. The van der Waals surface area contributed by atoms with Crippen molar-refractivity contribution in [3.8, 4) is 5.75 Å². The summed E-state index contributed by atoms with van der Waals surface area (Å²) >= 11 is 17.7. The average Bonchev–Trinajstić information content (AvgIpc) is 2.40. The fraction of sp³-hybridized carbons (Fsp3) is 0.133. The molecule has 0 fully saturated rings. The van der Waals surface area contributed by atoms with E-state index in [0.29, 0.717) is 26.5 Å². The summed E-state index contributed by atoms with van der Waals surface area (Å²) in [6.45, 7) is 1.63. The molecule has 0 heterocycles. The molecule has 0 aromatic heterocycles. The molecule has 2 aromatic carbocycles. The summed E-state index contributed by atoms with van der Waals surface area (Å²) in [5, 5.41) is 4.02. The highest BCUT2D eigenvalue weighted by Gasteiger charge is 2.16. The summed E-state index contributed by atoms with van der Waals surface area (Å²) in [5.41, 5.74) is 0.507. The summed E-state index contributed by atoms with van der Waals surface area (Å²) in [6.07, 6.45) is -0.720. The fourth-order valence-corrected chi connectivity index (χ4v) is 2.36. The first-order valence-corrected chi connectivity index (χ1v) is 7.27. The SMILES string of the molecule is C[C@@H](Oc1ccccc1Cl)C(=O)Nc1cc(Cl)cc(Cl)c1. The van der Waals surface area contributed by atoms with E-state index in [0.717, 1.165) is 0 Å². The molecule has 2 aromatic rings. The van der Waals surface area contributed by atoms with E-state index < -0.39 is 6.10 Å². The molecule has 0 aliphatic carbocycles. The van der Waals surface area contributed by atoms with E-state index in [1.54, 1.807) is 49.4 Å². The van der Waals surface area contributed by atoms with Crippen molar-refractivity contribution in [2.24, 2.45) is 0 Å². The Kier molecular flexibility index (Phi) is 5.34. The minimum Gasteiger partial charge on any atom is -0.479 e. The van der Waals surface area contributed by atoms with Gasteiger partial charge in [-0.3, -0.25) is 4.79 Å². The Bertz CT molecular complexity index is 641. The standard InChI is InChI=1S/C15H12Cl3NO2/c1-9(21-14-5-3-2-4-13(14)18)15(20)19-12-7-10(16)6-11(17)8-12/h2-9H,1H3,(H,19,20)/t9-/m1/s1. The van der Waals surface area contributed by atoms with Gasteiger partial charge in [-0.15, -0.1) is 0 Å². The number of rotatable bonds is 4. The van der Waals surface area contributed by atoms with Crippen molar-refractivity contribution in [2.75, 3.05) is 5.32 Å². The number of anilines is 1. The molecule has 0 radical (unpaired) electrons. The van der Waals surface area contributed by atoms with Gasteiger partial charge in [0, 0.05) is 15.7 Å². The molecule has 0 aliphatic heterocycles. The lowest BCUT2D eigenvalue weighted by Gasteiger charge is -2.15. The Balaban J connectivity index is 2.04. The Morgan fingerprint density at radius 2 is 1.71 bits per heavy atom. The quantitative estimate of drug-likeness (QED) is 0.842. The monoisotopic (exact) mass is 343 g/mol. The molecule has 0 bridgehead atoms. The molecule has 1 atom stereocenters. The van der Waals surface area contributed by atoms with Gasteiger partial charge in [-0.2, -0.15) is 0 Å². The summed E-state index contributed by atoms with van der Waals surface area (Å²) in [7, 11) is 0. The molecule has 21 heavy (non-hydrogen) atoms. The van der Waals surface area contributed by atoms with Crippen LogP contribution in [0.4, 0.5) is 5.69 Å². The lowest BCUT2D eigenvalue weighted by molar-refractivity contribution is -0.122. The molecule has 0 aliphatic rings. The molecule has 3 nitrogen and oxygen atoms in total. The van der Waals surface area contributed by atoms with Gasteiger partial charge < -0.3 is 10.1 Å². The predicted molar refractivity (Wildman–Crippen MR) is 86.6 cm³/mol. The summed E-state index contributed by atoms with van der Waals surface area (Å²) < 4.78 is 5.53. The Hall–Kier alpha value is -1.42. The first kappa shape index (κ1) is 16.0. The number of nitrogens with one attached hydrogen (secondary N) is 1. The second kappa shape index (κ2) is 7.03. The molecule has 2 rings (SSSR count). The third kappa shape index (κ3) is 4.53. The number of hydrogen-bond donors (Lipinski definition) is 1. The third-order valence-electron chi connectivity index (χ3n) is 2.64. The third-order valence-corrected chi connectivity index (χ3v) is 3.39. The number of carbonyl (C=O) groups is 1. The summed E-state index contributed by atoms with van der Waals surface area (Å²) in [6, 6.07) is 11.8. The zero-order chi connectivity index (χ0) is 15.4. The highest BCUT2D eigenvalue weighted by atomic mass is 35.5. The largest absolute Gasteiger partial charge is 0.479 e. The number of hydrogen-bond acceptors (Lipinski definition) is 2. The van der Waals surface area contributed by atoms with Crippen molar-refractivity contribution >= 4 is 46.4 Å². The Labute approximate surface area is 137 Å². The van der Waals surface area contributed by atoms with Crippen LogP contribution in [0.5, 0.6) is 5.75 Å². The van der Waals surface area contributed by atoms with Gasteiger partial charge in [0.25, 0.3) is 5.91 Å². The number of halogens is 3. The molecular formula is C15H12Cl3NO2. The van der Waals surface area contributed by atoms with Crippen LogP contribution < -0.4 is 10.1 Å². The van der Waals surface area contributed by atoms with Crippen molar-refractivity contribution in [3.63, 3.8) is 0 Å². The predicted octanol–water partition coefficient (Wildman–Crippen LogP) is 5.05. The number of amides is 1. The van der Waals surface area contributed by atoms with Gasteiger partial charge in [0.1, 0.15) is 5.75 Å². The van der Waals surface area contributed by atoms with Crippen molar-refractivity contribution in [2.45, 2.75) is 13.0 Å². The Morgan fingerprint density at radius 1 is 1.10 bits per heavy atom. The van der Waals surface area contributed by atoms with Crippen LogP contribution in [0.2, 0.25) is 15.1 Å². The van der Waals surface area contributed by atoms with Gasteiger partial charge in [-0.05, 0) is 37.3 Å². The van der Waals surface area contributed by atoms with Crippen molar-refractivity contribution < 1.29 is 9.53 Å². The van der Waals surface area contributed by atoms with Gasteiger partial charge in [0.15, 0.2) is 6.10 Å². The first-order chi connectivity index (χ1) is 9.95. The van der Waals surface area contributed by atoms with Crippen LogP contribution in [-0.2, 0) is 4.79 Å². The lowest BCUT2D eigenvalue weighted by Crippen LogP contribution is -2.30. The molecule has 1 N–H and O–H groups in total. The lowest BCUT2D eigenvalue weighted by atomic mass is 10.3. The van der Waals surface area contributed by atoms with Crippen LogP contribution in [0.25, 0.3) is 0 Å². The van der Waals surface area contributed by atoms with Gasteiger partial charge in [-0.1, -0.05) is 46.9 Å². The Morgan fingerprint density at radius 3 is 2.33 bits per heavy atom. The van der Waals surface area contributed by atoms with Crippen LogP contribution in [0.1, 0.15) is 6.92 Å². The molecule has 110 valence electrons. The first-order valence-electron chi connectivity index (χ1n) is 6.14. The second-order valence-electron chi connectivity index (χ2n) is 4.34. The zero-order valence-electron chi connectivity index (χ0n) is 11.1. The van der Waals surface area contributed by atoms with E-state index in [1.807, 2.05) is 0 Å². The average molecular weight is 345 g/mol. The summed E-state index contributed by atoms with van der Waals surface area (Å²) in [4.78, 5) is 12.1. The van der Waals surface area contributed by atoms with Crippen LogP contribution >= 0.6 is 34.8 Å². The van der Waals surface area contributed by atoms with Crippen LogP contribution in [0.3, 0.4) is 0 Å². The maximum atomic E-state index is 12.1. The minimum atomic E-state index is -0.720. The van der Waals surface area contributed by atoms with E-state index in [4.69, 9.17) is 39.5 Å². The van der Waals surface area contributed by atoms with Crippen LogP contribution in [-0.4, -0.2) is 12.0 Å². The number of benzene rings is 2. The van der Waals surface area contributed by atoms with Gasteiger partial charge >= 0.3 is 0 Å². The molecule has 0 saturated carbocycles. The molecule has 6 heteroatoms. The molecule has 0 unspecified atom stereocenters. The number of carbonyl (C=O) groups excluding carboxylic acids is 1. The number of ether oxygens (including phenoxy) is 1. The minimum absolute atomic E-state index is 0.326. The normalized spacial score (nSPS) is 11.8. The van der Waals surface area contributed by atoms with E-state index in [2.05, 4.69) is 5.32 Å². The van der Waals surface area contributed by atoms with E-state index in [1.165, 1.54) is 0 Å². The molecule has 0 saturated heterocycles. The van der Waals surface area contributed by atoms with Crippen molar-refractivity contribution in [3.05, 3.63) is 57.5 Å². The van der Waals surface area contributed by atoms with E-state index in [9.17, 15) is 4.79 Å². The topological polar surface area (TPSA) is 38.3 Å². The van der Waals surface area contributed by atoms with E-state index in [-0.39, 0.29) is 5.91 Å². The smallest absolute Gasteiger partial charge is 0.265 e. The number of para-hydroxylation sites is 1. The van der Waals surface area contributed by atoms with Crippen LogP contribution in [0, 0.1) is 0 Å². The zero-order valence-corrected chi connectivity index (χ0v) is 13.3. The highest BCUT2D eigenvalue weighted by molar-refractivity contribution is 6.35. The molecule has 0 spiro atoms. The van der Waals surface area contributed by atoms with Gasteiger partial charge in [0.05, 0.1) is 5.02 Å². The van der Waals surface area contributed by atoms with E-state index >= 15 is 0 Å². The summed E-state index contributed by atoms with van der Waals surface area (Å²) in [5.74, 6) is 0.124. The van der Waals surface area contributed by atoms with Crippen molar-refractivity contribution in [1.29, 1.82) is 0 Å². The van der Waals surface area contributed by atoms with Crippen LogP contribution in [0.15, 0.2) is 42.5 Å². The molecular weight excluding hydrogens is 333 g/mol. The maximum absolute atomic E-state index is 12.1. The van der Waals surface area contributed by atoms with Crippen molar-refractivity contribution in [1.82, 2.24) is 0 Å². The van der Waals surface area contributed by atoms with Gasteiger partial charge in [-0.25, -0.2) is 0 Å². The second-order valence-corrected chi connectivity index (χ2v) is 5.62. The highest BCUT2D eigenvalue weighted by Crippen LogP contribution is 2.25.